The van der Waals surface area contributed by atoms with Crippen molar-refractivity contribution < 1.29 is 19.2 Å². The zero-order valence-corrected chi connectivity index (χ0v) is 11.2. The van der Waals surface area contributed by atoms with E-state index in [0.717, 1.165) is 30.3 Å². The van der Waals surface area contributed by atoms with E-state index in [4.69, 9.17) is 14.4 Å². The van der Waals surface area contributed by atoms with Gasteiger partial charge in [-0.25, -0.2) is 4.79 Å². The second kappa shape index (κ2) is 5.78. The number of rotatable bonds is 6. The van der Waals surface area contributed by atoms with Crippen LogP contribution in [-0.2, 0) is 11.4 Å². The largest absolute Gasteiger partial charge is 0.484 e. The van der Waals surface area contributed by atoms with E-state index in [0.29, 0.717) is 17.6 Å². The van der Waals surface area contributed by atoms with E-state index in [9.17, 15) is 4.79 Å². The van der Waals surface area contributed by atoms with Crippen LogP contribution in [0.4, 0.5) is 0 Å². The molecule has 0 aliphatic heterocycles. The molecule has 0 atom stereocenters. The van der Waals surface area contributed by atoms with Gasteiger partial charge in [0, 0.05) is 12.0 Å². The van der Waals surface area contributed by atoms with Gasteiger partial charge in [0.05, 0.1) is 0 Å². The lowest BCUT2D eigenvalue weighted by molar-refractivity contribution is -0.131. The molecule has 0 unspecified atom stereocenters. The molecule has 1 N–H and O–H groups in total. The molecule has 1 aliphatic rings. The molecule has 21 heavy (non-hydrogen) atoms. The lowest BCUT2D eigenvalue weighted by Crippen LogP contribution is -1.96. The molecule has 108 valence electrons. The first-order chi connectivity index (χ1) is 10.2. The minimum atomic E-state index is -0.986. The van der Waals surface area contributed by atoms with Crippen LogP contribution in [0.3, 0.4) is 0 Å². The summed E-state index contributed by atoms with van der Waals surface area (Å²) in [4.78, 5) is 14.8. The summed E-state index contributed by atoms with van der Waals surface area (Å²) in [6, 6.07) is 7.12. The standard InChI is InChI=1S/C15H14N2O4/c18-14(19)7-4-10-2-1-3-12(8-10)20-9-13-16-15(17-21-13)11-5-6-11/h1-4,7-8,11H,5-6,9H2,(H,18,19). The first-order valence-electron chi connectivity index (χ1n) is 6.67. The van der Waals surface area contributed by atoms with E-state index in [1.54, 1.807) is 24.3 Å². The van der Waals surface area contributed by atoms with Crippen molar-refractivity contribution in [1.82, 2.24) is 10.1 Å². The van der Waals surface area contributed by atoms with Crippen LogP contribution in [0, 0.1) is 0 Å². The zero-order chi connectivity index (χ0) is 14.7. The highest BCUT2D eigenvalue weighted by Gasteiger charge is 2.28. The summed E-state index contributed by atoms with van der Waals surface area (Å²) in [5.41, 5.74) is 0.749. The number of carboxylic acid groups (broad SMARTS) is 1. The Kier molecular flexibility index (Phi) is 3.68. The van der Waals surface area contributed by atoms with Gasteiger partial charge in [0.1, 0.15) is 5.75 Å². The molecule has 0 amide bonds. The molecule has 6 nitrogen and oxygen atoms in total. The van der Waals surface area contributed by atoms with Crippen molar-refractivity contribution in [3.05, 3.63) is 47.6 Å². The van der Waals surface area contributed by atoms with E-state index in [1.807, 2.05) is 0 Å². The normalized spacial score (nSPS) is 14.5. The molecular formula is C15H14N2O4. The molecule has 1 saturated carbocycles. The number of nitrogens with zero attached hydrogens (tertiary/aromatic N) is 2. The summed E-state index contributed by atoms with van der Waals surface area (Å²) in [5, 5.41) is 12.5. The molecule has 2 aromatic rings. The Bertz CT molecular complexity index is 674. The molecular weight excluding hydrogens is 272 g/mol. The number of carboxylic acids is 1. The molecule has 1 aromatic heterocycles. The Morgan fingerprint density at radius 3 is 3.10 bits per heavy atom. The zero-order valence-electron chi connectivity index (χ0n) is 11.2. The van der Waals surface area contributed by atoms with E-state index >= 15 is 0 Å². The fourth-order valence-electron chi connectivity index (χ4n) is 1.85. The van der Waals surface area contributed by atoms with Gasteiger partial charge >= 0.3 is 5.97 Å². The average Bonchev–Trinajstić information content (AvgIpc) is 3.22. The maximum atomic E-state index is 10.5. The molecule has 1 aromatic carbocycles. The van der Waals surface area contributed by atoms with Gasteiger partial charge < -0.3 is 14.4 Å². The third kappa shape index (κ3) is 3.68. The third-order valence-corrected chi connectivity index (χ3v) is 3.07. The number of hydrogen-bond acceptors (Lipinski definition) is 5. The van der Waals surface area contributed by atoms with Gasteiger partial charge in [0.15, 0.2) is 12.4 Å². The van der Waals surface area contributed by atoms with E-state index < -0.39 is 5.97 Å². The average molecular weight is 286 g/mol. The van der Waals surface area contributed by atoms with E-state index in [1.165, 1.54) is 6.08 Å². The summed E-state index contributed by atoms with van der Waals surface area (Å²) < 4.78 is 10.7. The summed E-state index contributed by atoms with van der Waals surface area (Å²) in [5.74, 6) is 1.29. The summed E-state index contributed by atoms with van der Waals surface area (Å²) >= 11 is 0. The first-order valence-corrected chi connectivity index (χ1v) is 6.67. The van der Waals surface area contributed by atoms with Gasteiger partial charge in [0.25, 0.3) is 5.89 Å². The van der Waals surface area contributed by atoms with Crippen LogP contribution in [0.2, 0.25) is 0 Å². The molecule has 1 fully saturated rings. The van der Waals surface area contributed by atoms with Gasteiger partial charge in [-0.3, -0.25) is 0 Å². The Morgan fingerprint density at radius 2 is 2.33 bits per heavy atom. The highest BCUT2D eigenvalue weighted by Crippen LogP contribution is 2.38. The number of benzene rings is 1. The van der Waals surface area contributed by atoms with Crippen molar-refractivity contribution in [2.75, 3.05) is 0 Å². The molecule has 6 heteroatoms. The maximum absolute atomic E-state index is 10.5. The Balaban J connectivity index is 1.61. The van der Waals surface area contributed by atoms with Gasteiger partial charge in [-0.1, -0.05) is 17.3 Å². The van der Waals surface area contributed by atoms with Crippen molar-refractivity contribution in [1.29, 1.82) is 0 Å². The highest BCUT2D eigenvalue weighted by molar-refractivity contribution is 5.85. The molecule has 0 saturated heterocycles. The second-order valence-corrected chi connectivity index (χ2v) is 4.85. The van der Waals surface area contributed by atoms with Gasteiger partial charge in [0.2, 0.25) is 0 Å². The van der Waals surface area contributed by atoms with Crippen LogP contribution in [0.1, 0.15) is 36.0 Å². The lowest BCUT2D eigenvalue weighted by atomic mass is 10.2. The molecule has 1 aliphatic carbocycles. The number of hydrogen-bond donors (Lipinski definition) is 1. The van der Waals surface area contributed by atoms with Crippen LogP contribution >= 0.6 is 0 Å². The van der Waals surface area contributed by atoms with E-state index in [-0.39, 0.29) is 6.61 Å². The van der Waals surface area contributed by atoms with Crippen molar-refractivity contribution in [2.24, 2.45) is 0 Å². The van der Waals surface area contributed by atoms with Crippen molar-refractivity contribution in [2.45, 2.75) is 25.4 Å². The first kappa shape index (κ1) is 13.4. The highest BCUT2D eigenvalue weighted by atomic mass is 16.5. The molecule has 1 heterocycles. The van der Waals surface area contributed by atoms with Crippen LogP contribution in [0.5, 0.6) is 5.75 Å². The fourth-order valence-corrected chi connectivity index (χ4v) is 1.85. The monoisotopic (exact) mass is 286 g/mol. The summed E-state index contributed by atoms with van der Waals surface area (Å²) in [6.07, 6.45) is 4.84. The molecule has 0 spiro atoms. The van der Waals surface area contributed by atoms with Crippen molar-refractivity contribution in [3.8, 4) is 5.75 Å². The number of carbonyl (C=O) groups is 1. The third-order valence-electron chi connectivity index (χ3n) is 3.07. The maximum Gasteiger partial charge on any atom is 0.328 e. The summed E-state index contributed by atoms with van der Waals surface area (Å²) in [6.45, 7) is 0.200. The predicted molar refractivity (Wildman–Crippen MR) is 73.7 cm³/mol. The smallest absolute Gasteiger partial charge is 0.328 e. The Labute approximate surface area is 121 Å². The van der Waals surface area contributed by atoms with E-state index in [2.05, 4.69) is 10.1 Å². The Morgan fingerprint density at radius 1 is 1.48 bits per heavy atom. The van der Waals surface area contributed by atoms with Gasteiger partial charge in [-0.05, 0) is 36.6 Å². The number of aromatic nitrogens is 2. The van der Waals surface area contributed by atoms with Crippen LogP contribution in [-0.4, -0.2) is 21.2 Å². The summed E-state index contributed by atoms with van der Waals surface area (Å²) in [7, 11) is 0. The predicted octanol–water partition coefficient (Wildman–Crippen LogP) is 2.62. The van der Waals surface area contributed by atoms with Gasteiger partial charge in [-0.2, -0.15) is 4.98 Å². The van der Waals surface area contributed by atoms with Crippen LogP contribution in [0.25, 0.3) is 6.08 Å². The quantitative estimate of drug-likeness (QED) is 0.821. The van der Waals surface area contributed by atoms with Crippen molar-refractivity contribution >= 4 is 12.0 Å². The van der Waals surface area contributed by atoms with Crippen LogP contribution < -0.4 is 4.74 Å². The van der Waals surface area contributed by atoms with Gasteiger partial charge in [-0.15, -0.1) is 0 Å². The Hall–Kier alpha value is -2.63. The molecule has 0 bridgehead atoms. The van der Waals surface area contributed by atoms with Crippen LogP contribution in [0.15, 0.2) is 34.9 Å². The van der Waals surface area contributed by atoms with Crippen molar-refractivity contribution in [3.63, 3.8) is 0 Å². The minimum Gasteiger partial charge on any atom is -0.484 e. The minimum absolute atomic E-state index is 0.200. The lowest BCUT2D eigenvalue weighted by Gasteiger charge is -2.03. The number of ether oxygens (including phenoxy) is 1. The SMILES string of the molecule is O=C(O)C=Cc1cccc(OCc2nc(C3CC3)no2)c1. The molecule has 3 rings (SSSR count). The number of aliphatic carboxylic acids is 1. The second-order valence-electron chi connectivity index (χ2n) is 4.85. The fraction of sp³-hybridized carbons (Fsp3) is 0.267. The topological polar surface area (TPSA) is 85.5 Å². The molecule has 0 radical (unpaired) electrons.